The van der Waals surface area contributed by atoms with Crippen LogP contribution in [0.15, 0.2) is 115 Å². The van der Waals surface area contributed by atoms with Crippen molar-refractivity contribution < 1.29 is 4.74 Å². The number of anilines is 4. The summed E-state index contributed by atoms with van der Waals surface area (Å²) in [5.41, 5.74) is 13.5. The molecule has 8 rings (SSSR count). The number of hydrogen-bond acceptors (Lipinski definition) is 4. The lowest BCUT2D eigenvalue weighted by Crippen LogP contribution is -2.25. The lowest BCUT2D eigenvalue weighted by Gasteiger charge is -2.29. The van der Waals surface area contributed by atoms with Crippen LogP contribution in [0.2, 0.25) is 0 Å². The fourth-order valence-corrected chi connectivity index (χ4v) is 8.44. The number of rotatable bonds is 5. The SMILES string of the molecule is CC(C)(C)c1cc(N2CN(c3cccc(Oc4ccc5c6cc(C(C)(C)C)ccc6n(-c6cc(C(C)(C)C)ccn6)c5c4)c3)c3ccc(C(C)(C)C)cc32)cc(C(C)(C)C)c1. The van der Waals surface area contributed by atoms with Crippen molar-refractivity contribution in [2.24, 2.45) is 0 Å². The van der Waals surface area contributed by atoms with Gasteiger partial charge in [0.2, 0.25) is 0 Å². The van der Waals surface area contributed by atoms with Crippen molar-refractivity contribution in [3.63, 3.8) is 0 Å². The molecule has 0 atom stereocenters. The highest BCUT2D eigenvalue weighted by atomic mass is 16.5. The molecule has 0 fully saturated rings. The molecule has 5 nitrogen and oxygen atoms in total. The number of nitrogens with zero attached hydrogens (tertiary/aromatic N) is 4. The molecule has 0 bridgehead atoms. The Labute approximate surface area is 365 Å². The van der Waals surface area contributed by atoms with Crippen LogP contribution in [0, 0.1) is 0 Å². The van der Waals surface area contributed by atoms with Crippen molar-refractivity contribution >= 4 is 44.6 Å². The molecule has 7 aromatic rings. The van der Waals surface area contributed by atoms with Crippen molar-refractivity contribution in [2.45, 2.75) is 131 Å². The Morgan fingerprint density at radius 1 is 0.426 bits per heavy atom. The zero-order valence-corrected chi connectivity index (χ0v) is 39.4. The van der Waals surface area contributed by atoms with Gasteiger partial charge in [-0.15, -0.1) is 0 Å². The fraction of sp³-hybridized carbons (Fsp3) is 0.375. The van der Waals surface area contributed by atoms with E-state index < -0.39 is 0 Å². The van der Waals surface area contributed by atoms with E-state index in [0.717, 1.165) is 34.0 Å². The Morgan fingerprint density at radius 3 is 1.64 bits per heavy atom. The molecular weight excluding hydrogens is 745 g/mol. The maximum Gasteiger partial charge on any atom is 0.137 e. The Kier molecular flexibility index (Phi) is 10.0. The summed E-state index contributed by atoms with van der Waals surface area (Å²) in [7, 11) is 0. The third-order valence-electron chi connectivity index (χ3n) is 12.5. The van der Waals surface area contributed by atoms with Gasteiger partial charge in [-0.05, 0) is 128 Å². The molecule has 2 aromatic heterocycles. The second-order valence-corrected chi connectivity index (χ2v) is 22.5. The van der Waals surface area contributed by atoms with Crippen LogP contribution in [0.5, 0.6) is 11.5 Å². The fourth-order valence-electron chi connectivity index (χ4n) is 8.44. The molecule has 0 saturated heterocycles. The predicted octanol–water partition coefficient (Wildman–Crippen LogP) is 15.7. The van der Waals surface area contributed by atoms with Crippen LogP contribution in [-0.4, -0.2) is 16.2 Å². The molecule has 0 radical (unpaired) electrons. The first-order valence-electron chi connectivity index (χ1n) is 22.1. The minimum Gasteiger partial charge on any atom is -0.457 e. The third-order valence-corrected chi connectivity index (χ3v) is 12.5. The van der Waals surface area contributed by atoms with Gasteiger partial charge >= 0.3 is 0 Å². The van der Waals surface area contributed by atoms with Gasteiger partial charge in [0.05, 0.1) is 22.4 Å². The Balaban J connectivity index is 1.21. The first-order valence-corrected chi connectivity index (χ1v) is 22.1. The van der Waals surface area contributed by atoms with E-state index in [0.29, 0.717) is 6.67 Å². The average Bonchev–Trinajstić information content (AvgIpc) is 3.71. The van der Waals surface area contributed by atoms with E-state index in [9.17, 15) is 0 Å². The summed E-state index contributed by atoms with van der Waals surface area (Å²) in [6, 6.07) is 40.5. The quantitative estimate of drug-likeness (QED) is 0.173. The normalized spacial score (nSPS) is 14.0. The van der Waals surface area contributed by atoms with Crippen LogP contribution in [0.25, 0.3) is 27.6 Å². The summed E-state index contributed by atoms with van der Waals surface area (Å²) >= 11 is 0. The number of hydrogen-bond donors (Lipinski definition) is 0. The minimum absolute atomic E-state index is 0.0108. The highest BCUT2D eigenvalue weighted by Crippen LogP contribution is 2.48. The Morgan fingerprint density at radius 2 is 1.00 bits per heavy atom. The molecule has 0 aliphatic carbocycles. The van der Waals surface area contributed by atoms with Crippen LogP contribution < -0.4 is 14.5 Å². The lowest BCUT2D eigenvalue weighted by atomic mass is 9.80. The number of fused-ring (bicyclic) bond motifs is 4. The van der Waals surface area contributed by atoms with Gasteiger partial charge < -0.3 is 14.5 Å². The zero-order valence-electron chi connectivity index (χ0n) is 39.4. The van der Waals surface area contributed by atoms with Crippen molar-refractivity contribution in [3.8, 4) is 17.3 Å². The summed E-state index contributed by atoms with van der Waals surface area (Å²) in [5, 5.41) is 2.40. The van der Waals surface area contributed by atoms with Crippen molar-refractivity contribution in [1.82, 2.24) is 9.55 Å². The van der Waals surface area contributed by atoms with Crippen LogP contribution >= 0.6 is 0 Å². The molecule has 0 N–H and O–H groups in total. The van der Waals surface area contributed by atoms with Gasteiger partial charge in [0.15, 0.2) is 0 Å². The third kappa shape index (κ3) is 8.16. The highest BCUT2D eigenvalue weighted by Gasteiger charge is 2.32. The topological polar surface area (TPSA) is 33.5 Å². The summed E-state index contributed by atoms with van der Waals surface area (Å²) in [4.78, 5) is 9.88. The maximum atomic E-state index is 6.83. The van der Waals surface area contributed by atoms with E-state index >= 15 is 0 Å². The molecule has 61 heavy (non-hydrogen) atoms. The molecular formula is C56H66N4O. The first kappa shape index (κ1) is 42.2. The van der Waals surface area contributed by atoms with E-state index in [1.165, 1.54) is 55.7 Å². The maximum absolute atomic E-state index is 6.83. The van der Waals surface area contributed by atoms with Gasteiger partial charge in [0.25, 0.3) is 0 Å². The van der Waals surface area contributed by atoms with E-state index in [1.54, 1.807) is 0 Å². The molecule has 0 unspecified atom stereocenters. The first-order chi connectivity index (χ1) is 28.4. The lowest BCUT2D eigenvalue weighted by molar-refractivity contribution is 0.483. The highest BCUT2D eigenvalue weighted by molar-refractivity contribution is 6.09. The Hall–Kier alpha value is -5.55. The van der Waals surface area contributed by atoms with Crippen LogP contribution in [0.3, 0.4) is 0 Å². The standard InChI is InChI=1S/C56H66N4O/c1-52(2,3)36-19-23-47-46(30-36)45-22-21-44(34-49(45)60(47)51-32-38(25-26-57-51)54(7,8)9)61-43-18-16-17-41(33-43)58-35-59(50-31-37(53(4,5)6)20-24-48(50)58)42-28-39(55(10,11)12)27-40(29-42)56(13,14)15/h16-34H,35H2,1-15H3. The molecule has 0 spiro atoms. The molecule has 5 heteroatoms. The van der Waals surface area contributed by atoms with Crippen LogP contribution in [0.1, 0.15) is 132 Å². The van der Waals surface area contributed by atoms with Crippen LogP contribution in [0.4, 0.5) is 22.7 Å². The molecule has 0 saturated carbocycles. The summed E-state index contributed by atoms with van der Waals surface area (Å²) < 4.78 is 9.13. The van der Waals surface area contributed by atoms with Gasteiger partial charge in [-0.1, -0.05) is 128 Å². The summed E-state index contributed by atoms with van der Waals surface area (Å²) in [5.74, 6) is 2.48. The van der Waals surface area contributed by atoms with E-state index in [2.05, 4.69) is 227 Å². The predicted molar refractivity (Wildman–Crippen MR) is 261 cm³/mol. The van der Waals surface area contributed by atoms with Gasteiger partial charge in [-0.2, -0.15) is 0 Å². The second-order valence-electron chi connectivity index (χ2n) is 22.5. The number of aromatic nitrogens is 2. The molecule has 0 amide bonds. The molecule has 316 valence electrons. The number of pyridine rings is 1. The van der Waals surface area contributed by atoms with E-state index in [4.69, 9.17) is 9.72 Å². The number of benzene rings is 5. The molecule has 3 heterocycles. The van der Waals surface area contributed by atoms with Gasteiger partial charge in [-0.25, -0.2) is 4.98 Å². The molecule has 1 aliphatic rings. The average molecular weight is 811 g/mol. The van der Waals surface area contributed by atoms with E-state index in [-0.39, 0.29) is 27.1 Å². The number of ether oxygens (including phenoxy) is 1. The van der Waals surface area contributed by atoms with Crippen LogP contribution in [-0.2, 0) is 27.1 Å². The van der Waals surface area contributed by atoms with Crippen molar-refractivity contribution in [2.75, 3.05) is 16.5 Å². The zero-order chi connectivity index (χ0) is 44.0. The van der Waals surface area contributed by atoms with Gasteiger partial charge in [0, 0.05) is 40.5 Å². The van der Waals surface area contributed by atoms with Gasteiger partial charge in [0.1, 0.15) is 24.0 Å². The summed E-state index contributed by atoms with van der Waals surface area (Å²) in [6.45, 7) is 35.0. The molecule has 1 aliphatic heterocycles. The minimum atomic E-state index is -0.0112. The largest absolute Gasteiger partial charge is 0.457 e. The van der Waals surface area contributed by atoms with E-state index in [1.807, 2.05) is 6.20 Å². The molecule has 5 aromatic carbocycles. The smallest absolute Gasteiger partial charge is 0.137 e. The van der Waals surface area contributed by atoms with Gasteiger partial charge in [-0.3, -0.25) is 4.57 Å². The summed E-state index contributed by atoms with van der Waals surface area (Å²) in [6.07, 6.45) is 1.94. The Bertz CT molecular complexity index is 2760. The second kappa shape index (κ2) is 14.5. The monoisotopic (exact) mass is 811 g/mol. The van der Waals surface area contributed by atoms with Crippen molar-refractivity contribution in [1.29, 1.82) is 0 Å². The van der Waals surface area contributed by atoms with Crippen molar-refractivity contribution in [3.05, 3.63) is 143 Å².